The molecule has 0 spiro atoms. The first-order valence-electron chi connectivity index (χ1n) is 6.08. The Morgan fingerprint density at radius 1 is 1.00 bits per heavy atom. The number of hydrogen-bond acceptors (Lipinski definition) is 1. The SMILES string of the molecule is Fc1cccc(C[As]c2cnc3ccccc3c2)c1. The van der Waals surface area contributed by atoms with Gasteiger partial charge < -0.3 is 0 Å². The van der Waals surface area contributed by atoms with Gasteiger partial charge in [-0.2, -0.15) is 0 Å². The second kappa shape index (κ2) is 5.54. The van der Waals surface area contributed by atoms with E-state index in [2.05, 4.69) is 17.1 Å². The molecule has 0 aliphatic heterocycles. The van der Waals surface area contributed by atoms with Crippen molar-refractivity contribution in [3.8, 4) is 0 Å². The van der Waals surface area contributed by atoms with Crippen LogP contribution in [0.3, 0.4) is 0 Å². The topological polar surface area (TPSA) is 12.9 Å². The fourth-order valence-electron chi connectivity index (χ4n) is 1.96. The average molecular weight is 312 g/mol. The Bertz CT molecular complexity index is 712. The van der Waals surface area contributed by atoms with Gasteiger partial charge in [-0.25, -0.2) is 0 Å². The molecule has 0 amide bonds. The maximum atomic E-state index is 13.1. The standard InChI is InChI=1S/C16H12AsFN/c18-15-6-3-4-12(8-15)10-17-14-9-13-5-1-2-7-16(13)19-11-14/h1-9,11H,10H2. The van der Waals surface area contributed by atoms with Gasteiger partial charge in [0.15, 0.2) is 0 Å². The number of para-hydroxylation sites is 1. The molecule has 0 bridgehead atoms. The Balaban J connectivity index is 1.78. The molecule has 1 nitrogen and oxygen atoms in total. The zero-order valence-electron chi connectivity index (χ0n) is 10.3. The van der Waals surface area contributed by atoms with Crippen molar-refractivity contribution in [2.75, 3.05) is 0 Å². The molecule has 1 heterocycles. The Kier molecular flexibility index (Phi) is 3.61. The quantitative estimate of drug-likeness (QED) is 0.678. The van der Waals surface area contributed by atoms with Crippen LogP contribution in [0.4, 0.5) is 4.39 Å². The Morgan fingerprint density at radius 2 is 1.89 bits per heavy atom. The normalized spacial score (nSPS) is 11.4. The van der Waals surface area contributed by atoms with Crippen molar-refractivity contribution >= 4 is 31.0 Å². The molecule has 0 saturated heterocycles. The molecule has 0 saturated carbocycles. The predicted octanol–water partition coefficient (Wildman–Crippen LogP) is 2.90. The molecule has 1 aromatic heterocycles. The van der Waals surface area contributed by atoms with Crippen LogP contribution in [-0.4, -0.2) is 20.7 Å². The van der Waals surface area contributed by atoms with Gasteiger partial charge in [-0.05, 0) is 0 Å². The van der Waals surface area contributed by atoms with Crippen LogP contribution in [0.1, 0.15) is 5.56 Å². The fourth-order valence-corrected chi connectivity index (χ4v) is 3.92. The zero-order valence-corrected chi connectivity index (χ0v) is 12.1. The van der Waals surface area contributed by atoms with E-state index >= 15 is 0 Å². The van der Waals surface area contributed by atoms with Crippen molar-refractivity contribution in [1.29, 1.82) is 0 Å². The number of hydrogen-bond donors (Lipinski definition) is 0. The van der Waals surface area contributed by atoms with Gasteiger partial charge in [-0.15, -0.1) is 0 Å². The number of rotatable bonds is 3. The summed E-state index contributed by atoms with van der Waals surface area (Å²) >= 11 is -0.0143. The van der Waals surface area contributed by atoms with E-state index in [-0.39, 0.29) is 21.6 Å². The number of benzene rings is 2. The third-order valence-corrected chi connectivity index (χ3v) is 5.29. The molecule has 0 aliphatic carbocycles. The molecular weight excluding hydrogens is 300 g/mol. The van der Waals surface area contributed by atoms with Gasteiger partial charge in [0.05, 0.1) is 0 Å². The summed E-state index contributed by atoms with van der Waals surface area (Å²) in [4.78, 5) is 4.46. The Morgan fingerprint density at radius 3 is 2.79 bits per heavy atom. The van der Waals surface area contributed by atoms with Crippen molar-refractivity contribution in [2.45, 2.75) is 5.21 Å². The molecule has 2 aromatic carbocycles. The Labute approximate surface area is 118 Å². The fraction of sp³-hybridized carbons (Fsp3) is 0.0625. The average Bonchev–Trinajstić information content (AvgIpc) is 2.45. The van der Waals surface area contributed by atoms with E-state index < -0.39 is 0 Å². The van der Waals surface area contributed by atoms with E-state index in [1.54, 1.807) is 12.1 Å². The summed E-state index contributed by atoms with van der Waals surface area (Å²) in [6, 6.07) is 17.2. The van der Waals surface area contributed by atoms with Crippen LogP contribution in [0.5, 0.6) is 0 Å². The van der Waals surface area contributed by atoms with Crippen LogP contribution in [0.25, 0.3) is 10.9 Å². The molecule has 0 unspecified atom stereocenters. The molecule has 19 heavy (non-hydrogen) atoms. The minimum absolute atomic E-state index is 0.0143. The van der Waals surface area contributed by atoms with E-state index in [1.807, 2.05) is 30.5 Å². The van der Waals surface area contributed by atoms with Crippen molar-refractivity contribution in [3.05, 3.63) is 72.2 Å². The number of nitrogens with zero attached hydrogens (tertiary/aromatic N) is 1. The minimum atomic E-state index is -0.157. The van der Waals surface area contributed by atoms with E-state index in [0.29, 0.717) is 0 Å². The van der Waals surface area contributed by atoms with Gasteiger partial charge in [0.25, 0.3) is 0 Å². The summed E-state index contributed by atoms with van der Waals surface area (Å²) < 4.78 is 14.4. The summed E-state index contributed by atoms with van der Waals surface area (Å²) in [6.07, 6.45) is 1.95. The number of pyridine rings is 1. The molecule has 1 radical (unpaired) electrons. The first-order valence-corrected chi connectivity index (χ1v) is 8.34. The van der Waals surface area contributed by atoms with Gasteiger partial charge in [0, 0.05) is 0 Å². The summed E-state index contributed by atoms with van der Waals surface area (Å²) in [7, 11) is 0. The third-order valence-electron chi connectivity index (χ3n) is 2.91. The van der Waals surface area contributed by atoms with Crippen LogP contribution < -0.4 is 4.35 Å². The van der Waals surface area contributed by atoms with Crippen molar-refractivity contribution < 1.29 is 4.39 Å². The molecule has 0 fully saturated rings. The summed E-state index contributed by atoms with van der Waals surface area (Å²) in [6.45, 7) is 0. The molecular formula is C16H12AsFN. The number of halogens is 1. The third kappa shape index (κ3) is 3.02. The molecule has 0 N–H and O–H groups in total. The van der Waals surface area contributed by atoms with E-state index in [9.17, 15) is 4.39 Å². The second-order valence-electron chi connectivity index (χ2n) is 4.33. The molecule has 3 rings (SSSR count). The van der Waals surface area contributed by atoms with E-state index in [4.69, 9.17) is 0 Å². The van der Waals surface area contributed by atoms with Crippen molar-refractivity contribution in [3.63, 3.8) is 0 Å². The van der Waals surface area contributed by atoms with Crippen LogP contribution in [0.2, 0.25) is 0 Å². The van der Waals surface area contributed by atoms with Crippen molar-refractivity contribution in [1.82, 2.24) is 4.98 Å². The van der Waals surface area contributed by atoms with Gasteiger partial charge in [-0.3, -0.25) is 0 Å². The maximum absolute atomic E-state index is 13.1. The summed E-state index contributed by atoms with van der Waals surface area (Å²) in [5, 5.41) is 2.10. The van der Waals surface area contributed by atoms with Crippen LogP contribution in [-0.2, 0) is 5.21 Å². The monoisotopic (exact) mass is 312 g/mol. The van der Waals surface area contributed by atoms with Gasteiger partial charge in [0.2, 0.25) is 0 Å². The van der Waals surface area contributed by atoms with Gasteiger partial charge >= 0.3 is 118 Å². The first kappa shape index (κ1) is 12.4. The zero-order chi connectivity index (χ0) is 13.1. The van der Waals surface area contributed by atoms with Crippen LogP contribution in [0, 0.1) is 5.82 Å². The first-order chi connectivity index (χ1) is 9.31. The number of fused-ring (bicyclic) bond motifs is 1. The molecule has 0 atom stereocenters. The van der Waals surface area contributed by atoms with E-state index in [1.165, 1.54) is 15.8 Å². The van der Waals surface area contributed by atoms with E-state index in [0.717, 1.165) is 16.3 Å². The van der Waals surface area contributed by atoms with Gasteiger partial charge in [-0.1, -0.05) is 0 Å². The van der Waals surface area contributed by atoms with Crippen molar-refractivity contribution in [2.24, 2.45) is 0 Å². The molecule has 3 aromatic rings. The number of aromatic nitrogens is 1. The van der Waals surface area contributed by atoms with Gasteiger partial charge in [0.1, 0.15) is 0 Å². The predicted molar refractivity (Wildman–Crippen MR) is 77.2 cm³/mol. The summed E-state index contributed by atoms with van der Waals surface area (Å²) in [5.41, 5.74) is 2.09. The second-order valence-corrected chi connectivity index (χ2v) is 6.74. The molecule has 93 valence electrons. The molecule has 0 aliphatic rings. The summed E-state index contributed by atoms with van der Waals surface area (Å²) in [5.74, 6) is -0.157. The Hall–Kier alpha value is -1.66. The molecule has 3 heteroatoms. The van der Waals surface area contributed by atoms with Crippen LogP contribution in [0.15, 0.2) is 60.8 Å². The van der Waals surface area contributed by atoms with Crippen LogP contribution >= 0.6 is 0 Å².